The second-order valence-corrected chi connectivity index (χ2v) is 6.31. The zero-order chi connectivity index (χ0) is 18.4. The molecule has 0 bridgehead atoms. The SMILES string of the molecule is CCCn1nc(-c2ccc(OC)cc2OC)cc1C(=O)NCC(C)C. The number of rotatable bonds is 8. The third-order valence-electron chi connectivity index (χ3n) is 3.80. The second kappa shape index (κ2) is 8.55. The van der Waals surface area contributed by atoms with Gasteiger partial charge in [-0.25, -0.2) is 0 Å². The number of nitrogens with zero attached hydrogens (tertiary/aromatic N) is 2. The number of carbonyl (C=O) groups excluding carboxylic acids is 1. The molecule has 25 heavy (non-hydrogen) atoms. The molecule has 1 N–H and O–H groups in total. The molecule has 0 radical (unpaired) electrons. The van der Waals surface area contributed by atoms with Crippen molar-refractivity contribution in [2.75, 3.05) is 20.8 Å². The summed E-state index contributed by atoms with van der Waals surface area (Å²) in [5.41, 5.74) is 2.11. The topological polar surface area (TPSA) is 65.4 Å². The number of hydrogen-bond acceptors (Lipinski definition) is 4. The van der Waals surface area contributed by atoms with Crippen LogP contribution in [-0.4, -0.2) is 36.5 Å². The third kappa shape index (κ3) is 4.53. The fourth-order valence-electron chi connectivity index (χ4n) is 2.51. The lowest BCUT2D eigenvalue weighted by Crippen LogP contribution is -2.29. The molecular weight excluding hydrogens is 318 g/mol. The highest BCUT2D eigenvalue weighted by molar-refractivity contribution is 5.94. The van der Waals surface area contributed by atoms with Crippen LogP contribution in [0.5, 0.6) is 11.5 Å². The number of aromatic nitrogens is 2. The molecule has 6 heteroatoms. The smallest absolute Gasteiger partial charge is 0.269 e. The molecule has 0 unspecified atom stereocenters. The van der Waals surface area contributed by atoms with E-state index >= 15 is 0 Å². The minimum absolute atomic E-state index is 0.103. The van der Waals surface area contributed by atoms with Gasteiger partial charge in [-0.2, -0.15) is 5.10 Å². The van der Waals surface area contributed by atoms with E-state index in [0.717, 1.165) is 12.0 Å². The summed E-state index contributed by atoms with van der Waals surface area (Å²) in [6.07, 6.45) is 0.894. The average molecular weight is 345 g/mol. The number of nitrogens with one attached hydrogen (secondary N) is 1. The van der Waals surface area contributed by atoms with Crippen molar-refractivity contribution in [3.8, 4) is 22.8 Å². The lowest BCUT2D eigenvalue weighted by molar-refractivity contribution is 0.0938. The van der Waals surface area contributed by atoms with Gasteiger partial charge in [0.15, 0.2) is 0 Å². The van der Waals surface area contributed by atoms with Crippen LogP contribution in [0.2, 0.25) is 0 Å². The van der Waals surface area contributed by atoms with Gasteiger partial charge >= 0.3 is 0 Å². The Bertz CT molecular complexity index is 723. The summed E-state index contributed by atoms with van der Waals surface area (Å²) in [5.74, 6) is 1.67. The van der Waals surface area contributed by atoms with E-state index in [1.54, 1.807) is 18.9 Å². The van der Waals surface area contributed by atoms with Crippen LogP contribution in [-0.2, 0) is 6.54 Å². The molecule has 1 amide bonds. The van der Waals surface area contributed by atoms with Gasteiger partial charge in [0, 0.05) is 24.7 Å². The molecule has 0 atom stereocenters. The Morgan fingerprint density at radius 2 is 2.00 bits per heavy atom. The molecule has 2 rings (SSSR count). The molecule has 0 saturated heterocycles. The highest BCUT2D eigenvalue weighted by Gasteiger charge is 2.18. The highest BCUT2D eigenvalue weighted by atomic mass is 16.5. The van der Waals surface area contributed by atoms with E-state index in [9.17, 15) is 4.79 Å². The summed E-state index contributed by atoms with van der Waals surface area (Å²) in [6.45, 7) is 7.51. The van der Waals surface area contributed by atoms with Crippen LogP contribution in [0, 0.1) is 5.92 Å². The van der Waals surface area contributed by atoms with E-state index < -0.39 is 0 Å². The predicted molar refractivity (Wildman–Crippen MR) is 98.2 cm³/mol. The Morgan fingerprint density at radius 3 is 2.60 bits per heavy atom. The summed E-state index contributed by atoms with van der Waals surface area (Å²) in [5, 5.41) is 7.58. The zero-order valence-corrected chi connectivity index (χ0v) is 15.6. The van der Waals surface area contributed by atoms with Crippen molar-refractivity contribution in [3.63, 3.8) is 0 Å². The average Bonchev–Trinajstić information content (AvgIpc) is 3.03. The molecule has 1 aromatic carbocycles. The summed E-state index contributed by atoms with van der Waals surface area (Å²) in [7, 11) is 3.22. The Morgan fingerprint density at radius 1 is 1.24 bits per heavy atom. The number of amides is 1. The summed E-state index contributed by atoms with van der Waals surface area (Å²) >= 11 is 0. The van der Waals surface area contributed by atoms with Crippen LogP contribution in [0.3, 0.4) is 0 Å². The Kier molecular flexibility index (Phi) is 6.44. The molecule has 136 valence electrons. The Hall–Kier alpha value is -2.50. The number of methoxy groups -OCH3 is 2. The second-order valence-electron chi connectivity index (χ2n) is 6.31. The monoisotopic (exact) mass is 345 g/mol. The zero-order valence-electron chi connectivity index (χ0n) is 15.6. The standard InChI is InChI=1S/C19H27N3O3/c1-6-9-22-17(19(23)20-12-13(2)3)11-16(21-22)15-8-7-14(24-4)10-18(15)25-5/h7-8,10-11,13H,6,9,12H2,1-5H3,(H,20,23). The molecule has 2 aromatic rings. The maximum atomic E-state index is 12.5. The van der Waals surface area contributed by atoms with Crippen LogP contribution < -0.4 is 14.8 Å². The fourth-order valence-corrected chi connectivity index (χ4v) is 2.51. The molecule has 0 aliphatic carbocycles. The van der Waals surface area contributed by atoms with Crippen LogP contribution in [0.25, 0.3) is 11.3 Å². The van der Waals surface area contributed by atoms with E-state index in [2.05, 4.69) is 31.2 Å². The van der Waals surface area contributed by atoms with E-state index in [-0.39, 0.29) is 5.91 Å². The first kappa shape index (κ1) is 18.8. The van der Waals surface area contributed by atoms with Gasteiger partial charge in [-0.05, 0) is 30.5 Å². The minimum atomic E-state index is -0.103. The summed E-state index contributed by atoms with van der Waals surface area (Å²) < 4.78 is 12.5. The Labute approximate surface area is 149 Å². The van der Waals surface area contributed by atoms with Gasteiger partial charge in [0.25, 0.3) is 5.91 Å². The van der Waals surface area contributed by atoms with Crippen molar-refractivity contribution in [2.24, 2.45) is 5.92 Å². The van der Waals surface area contributed by atoms with Gasteiger partial charge in [-0.1, -0.05) is 20.8 Å². The van der Waals surface area contributed by atoms with Gasteiger partial charge in [0.1, 0.15) is 17.2 Å². The van der Waals surface area contributed by atoms with Gasteiger partial charge < -0.3 is 14.8 Å². The maximum absolute atomic E-state index is 12.5. The summed E-state index contributed by atoms with van der Waals surface area (Å²) in [4.78, 5) is 12.5. The lowest BCUT2D eigenvalue weighted by Gasteiger charge is -2.09. The molecule has 0 aliphatic heterocycles. The van der Waals surface area contributed by atoms with Crippen LogP contribution in [0.1, 0.15) is 37.7 Å². The first-order valence-corrected chi connectivity index (χ1v) is 8.58. The van der Waals surface area contributed by atoms with Crippen molar-refractivity contribution in [1.82, 2.24) is 15.1 Å². The maximum Gasteiger partial charge on any atom is 0.269 e. The van der Waals surface area contributed by atoms with Crippen LogP contribution >= 0.6 is 0 Å². The molecule has 0 saturated carbocycles. The van der Waals surface area contributed by atoms with Gasteiger partial charge in [0.2, 0.25) is 0 Å². The van der Waals surface area contributed by atoms with Crippen molar-refractivity contribution >= 4 is 5.91 Å². The van der Waals surface area contributed by atoms with Crippen LogP contribution in [0.15, 0.2) is 24.3 Å². The molecule has 1 heterocycles. The van der Waals surface area contributed by atoms with Gasteiger partial charge in [-0.15, -0.1) is 0 Å². The van der Waals surface area contributed by atoms with Crippen LogP contribution in [0.4, 0.5) is 0 Å². The normalized spacial score (nSPS) is 10.8. The first-order chi connectivity index (χ1) is 12.0. The molecule has 0 fully saturated rings. The van der Waals surface area contributed by atoms with Gasteiger partial charge in [-0.3, -0.25) is 9.48 Å². The lowest BCUT2D eigenvalue weighted by atomic mass is 10.1. The number of carbonyl (C=O) groups is 1. The third-order valence-corrected chi connectivity index (χ3v) is 3.80. The molecule has 0 aliphatic rings. The predicted octanol–water partition coefficient (Wildman–Crippen LogP) is 3.36. The number of aryl methyl sites for hydroxylation is 1. The molecule has 0 spiro atoms. The van der Waals surface area contributed by atoms with E-state index in [1.807, 2.05) is 24.3 Å². The number of benzene rings is 1. The van der Waals surface area contributed by atoms with E-state index in [1.165, 1.54) is 0 Å². The minimum Gasteiger partial charge on any atom is -0.497 e. The van der Waals surface area contributed by atoms with Crippen molar-refractivity contribution in [2.45, 2.75) is 33.7 Å². The fraction of sp³-hybridized carbons (Fsp3) is 0.474. The Balaban J connectivity index is 2.39. The first-order valence-electron chi connectivity index (χ1n) is 8.58. The number of ether oxygens (including phenoxy) is 2. The van der Waals surface area contributed by atoms with Crippen molar-refractivity contribution < 1.29 is 14.3 Å². The highest BCUT2D eigenvalue weighted by Crippen LogP contribution is 2.33. The molecule has 1 aromatic heterocycles. The van der Waals surface area contributed by atoms with Crippen molar-refractivity contribution in [3.05, 3.63) is 30.0 Å². The van der Waals surface area contributed by atoms with E-state index in [0.29, 0.717) is 41.9 Å². The summed E-state index contributed by atoms with van der Waals surface area (Å²) in [6, 6.07) is 7.38. The quantitative estimate of drug-likeness (QED) is 0.797. The largest absolute Gasteiger partial charge is 0.497 e. The van der Waals surface area contributed by atoms with Gasteiger partial charge in [0.05, 0.1) is 19.9 Å². The molecular formula is C19H27N3O3. The van der Waals surface area contributed by atoms with E-state index in [4.69, 9.17) is 9.47 Å². The number of hydrogen-bond donors (Lipinski definition) is 1. The van der Waals surface area contributed by atoms with Crippen molar-refractivity contribution in [1.29, 1.82) is 0 Å². The molecule has 6 nitrogen and oxygen atoms in total.